The molecule has 0 saturated heterocycles. The zero-order chi connectivity index (χ0) is 19.9. The van der Waals surface area contributed by atoms with E-state index in [9.17, 15) is 13.2 Å². The van der Waals surface area contributed by atoms with E-state index in [0.717, 1.165) is 43.2 Å². The van der Waals surface area contributed by atoms with Gasteiger partial charge in [-0.25, -0.2) is 13.1 Å². The highest BCUT2D eigenvalue weighted by Crippen LogP contribution is 2.45. The Bertz CT molecular complexity index is 856. The summed E-state index contributed by atoms with van der Waals surface area (Å²) in [7, 11) is -3.62. The highest BCUT2D eigenvalue weighted by atomic mass is 32.2. The Kier molecular flexibility index (Phi) is 5.25. The lowest BCUT2D eigenvalue weighted by Crippen LogP contribution is -2.47. The summed E-state index contributed by atoms with van der Waals surface area (Å²) in [5.74, 6) is -0.153. The number of nitrogens with one attached hydrogen (secondary N) is 2. The maximum absolute atomic E-state index is 13.1. The molecular formula is C21H30N2O3S. The van der Waals surface area contributed by atoms with Gasteiger partial charge < -0.3 is 5.32 Å². The first-order valence-corrected chi connectivity index (χ1v) is 11.2. The topological polar surface area (TPSA) is 75.3 Å². The van der Waals surface area contributed by atoms with Crippen LogP contribution >= 0.6 is 0 Å². The fourth-order valence-electron chi connectivity index (χ4n) is 4.22. The Morgan fingerprint density at radius 2 is 1.70 bits per heavy atom. The summed E-state index contributed by atoms with van der Waals surface area (Å²) in [6, 6.07) is 7.79. The van der Waals surface area contributed by atoms with Crippen LogP contribution in [-0.4, -0.2) is 26.4 Å². The molecule has 1 heterocycles. The van der Waals surface area contributed by atoms with E-state index in [1.54, 1.807) is 0 Å². The fourth-order valence-corrected chi connectivity index (χ4v) is 6.20. The van der Waals surface area contributed by atoms with Crippen LogP contribution in [0, 0.1) is 0 Å². The van der Waals surface area contributed by atoms with Crippen molar-refractivity contribution in [2.45, 2.75) is 70.8 Å². The number of benzene rings is 1. The van der Waals surface area contributed by atoms with Gasteiger partial charge in [0.1, 0.15) is 0 Å². The highest BCUT2D eigenvalue weighted by molar-refractivity contribution is 7.99. The number of hydrogen-bond acceptors (Lipinski definition) is 3. The Labute approximate surface area is 162 Å². The third kappa shape index (κ3) is 3.97. The third-order valence-corrected chi connectivity index (χ3v) is 7.36. The maximum Gasteiger partial charge on any atom is 0.242 e. The molecule has 3 rings (SSSR count). The third-order valence-electron chi connectivity index (χ3n) is 5.68. The van der Waals surface area contributed by atoms with Crippen molar-refractivity contribution in [3.63, 3.8) is 0 Å². The number of carbonyl (C=O) groups excluding carboxylic acids is 1. The Balaban J connectivity index is 2.12. The maximum atomic E-state index is 13.1. The summed E-state index contributed by atoms with van der Waals surface area (Å²) in [5.41, 5.74) is 2.10. The minimum Gasteiger partial charge on any atom is -0.352 e. The quantitative estimate of drug-likeness (QED) is 0.830. The molecule has 0 unspecified atom stereocenters. The molecule has 1 aliphatic carbocycles. The van der Waals surface area contributed by atoms with Crippen molar-refractivity contribution in [2.24, 2.45) is 0 Å². The van der Waals surface area contributed by atoms with Crippen molar-refractivity contribution in [3.05, 3.63) is 41.0 Å². The predicted octanol–water partition coefficient (Wildman–Crippen LogP) is 3.47. The molecule has 0 aromatic heterocycles. The van der Waals surface area contributed by atoms with Crippen LogP contribution in [0.5, 0.6) is 0 Å². The molecule has 0 bridgehead atoms. The van der Waals surface area contributed by atoms with Gasteiger partial charge in [-0.05, 0) is 35.0 Å². The molecule has 0 radical (unpaired) electrons. The summed E-state index contributed by atoms with van der Waals surface area (Å²) in [6.45, 7) is 8.12. The van der Waals surface area contributed by atoms with Crippen molar-refractivity contribution in [2.75, 3.05) is 6.54 Å². The predicted molar refractivity (Wildman–Crippen MR) is 109 cm³/mol. The molecular weight excluding hydrogens is 360 g/mol. The van der Waals surface area contributed by atoms with Crippen molar-refractivity contribution in [3.8, 4) is 0 Å². The molecule has 1 saturated carbocycles. The monoisotopic (exact) mass is 390 g/mol. The van der Waals surface area contributed by atoms with Gasteiger partial charge in [-0.2, -0.15) is 0 Å². The van der Waals surface area contributed by atoms with Crippen molar-refractivity contribution < 1.29 is 13.2 Å². The van der Waals surface area contributed by atoms with Crippen LogP contribution in [0.3, 0.4) is 0 Å². The van der Waals surface area contributed by atoms with Gasteiger partial charge >= 0.3 is 0 Å². The standard InChI is InChI=1S/C21H30N2O3S/c1-15(24)22-14-18-19(16-8-10-17(11-9-16)20(2,3)4)27(25,26)23-21(18)12-6-5-7-13-21/h8-11,23H,5-7,12-14H2,1-4H3,(H,22,24). The number of hydrogen-bond donors (Lipinski definition) is 2. The van der Waals surface area contributed by atoms with Crippen molar-refractivity contribution in [1.29, 1.82) is 0 Å². The number of rotatable bonds is 3. The molecule has 148 valence electrons. The minimum atomic E-state index is -3.62. The largest absolute Gasteiger partial charge is 0.352 e. The Hall–Kier alpha value is -1.66. The molecule has 2 N–H and O–H groups in total. The fraction of sp³-hybridized carbons (Fsp3) is 0.571. The summed E-state index contributed by atoms with van der Waals surface area (Å²) in [6.07, 6.45) is 4.66. The molecule has 1 amide bonds. The Morgan fingerprint density at radius 3 is 2.22 bits per heavy atom. The van der Waals surface area contributed by atoms with Gasteiger partial charge in [-0.1, -0.05) is 64.3 Å². The van der Waals surface area contributed by atoms with E-state index in [2.05, 4.69) is 30.8 Å². The first-order valence-electron chi connectivity index (χ1n) is 9.68. The summed E-state index contributed by atoms with van der Waals surface area (Å²) in [4.78, 5) is 11.9. The van der Waals surface area contributed by atoms with Crippen molar-refractivity contribution >= 4 is 20.8 Å². The lowest BCUT2D eigenvalue weighted by molar-refractivity contribution is -0.118. The Morgan fingerprint density at radius 1 is 1.11 bits per heavy atom. The molecule has 1 spiro atoms. The average molecular weight is 391 g/mol. The molecule has 1 fully saturated rings. The van der Waals surface area contributed by atoms with Gasteiger partial charge in [0.05, 0.1) is 10.4 Å². The molecule has 1 aromatic carbocycles. The molecule has 6 heteroatoms. The van der Waals surface area contributed by atoms with E-state index < -0.39 is 15.6 Å². The van der Waals surface area contributed by atoms with E-state index in [0.29, 0.717) is 10.5 Å². The van der Waals surface area contributed by atoms with E-state index in [1.807, 2.05) is 24.3 Å². The second kappa shape index (κ2) is 7.06. The first-order chi connectivity index (χ1) is 12.6. The minimum absolute atomic E-state index is 0.00329. The molecule has 1 aliphatic heterocycles. The van der Waals surface area contributed by atoms with Crippen molar-refractivity contribution in [1.82, 2.24) is 10.0 Å². The zero-order valence-electron chi connectivity index (χ0n) is 16.7. The summed E-state index contributed by atoms with van der Waals surface area (Å²) >= 11 is 0. The van der Waals surface area contributed by atoms with E-state index in [4.69, 9.17) is 0 Å². The average Bonchev–Trinajstić information content (AvgIpc) is 2.78. The molecule has 2 aliphatic rings. The van der Waals surface area contributed by atoms with Crippen LogP contribution in [0.15, 0.2) is 29.8 Å². The van der Waals surface area contributed by atoms with Gasteiger partial charge in [0.25, 0.3) is 0 Å². The van der Waals surface area contributed by atoms with E-state index >= 15 is 0 Å². The van der Waals surface area contributed by atoms with Crippen LogP contribution < -0.4 is 10.0 Å². The SMILES string of the molecule is CC(=O)NCC1=C(c2ccc(C(C)(C)C)cc2)S(=O)(=O)NC12CCCCC2. The zero-order valence-corrected chi connectivity index (χ0v) is 17.5. The second-order valence-electron chi connectivity index (χ2n) is 8.79. The van der Waals surface area contributed by atoms with Gasteiger partial charge in [0.15, 0.2) is 0 Å². The van der Waals surface area contributed by atoms with E-state index in [-0.39, 0.29) is 17.9 Å². The number of amides is 1. The summed E-state index contributed by atoms with van der Waals surface area (Å²) < 4.78 is 29.1. The smallest absolute Gasteiger partial charge is 0.242 e. The lowest BCUT2D eigenvalue weighted by Gasteiger charge is -2.35. The highest BCUT2D eigenvalue weighted by Gasteiger charge is 2.48. The molecule has 1 aromatic rings. The normalized spacial score (nSPS) is 21.5. The molecule has 5 nitrogen and oxygen atoms in total. The number of sulfonamides is 1. The van der Waals surface area contributed by atoms with Crippen LogP contribution in [-0.2, 0) is 20.2 Å². The van der Waals surface area contributed by atoms with Gasteiger partial charge in [-0.15, -0.1) is 0 Å². The van der Waals surface area contributed by atoms with Gasteiger partial charge in [0.2, 0.25) is 15.9 Å². The molecule has 0 atom stereocenters. The van der Waals surface area contributed by atoms with Crippen LogP contribution in [0.25, 0.3) is 4.91 Å². The van der Waals surface area contributed by atoms with Crippen LogP contribution in [0.4, 0.5) is 0 Å². The van der Waals surface area contributed by atoms with Gasteiger partial charge in [-0.3, -0.25) is 4.79 Å². The number of carbonyl (C=O) groups is 1. The lowest BCUT2D eigenvalue weighted by atomic mass is 9.76. The van der Waals surface area contributed by atoms with Crippen LogP contribution in [0.1, 0.15) is 70.9 Å². The summed E-state index contributed by atoms with van der Waals surface area (Å²) in [5, 5.41) is 2.83. The van der Waals surface area contributed by atoms with E-state index in [1.165, 1.54) is 6.92 Å². The van der Waals surface area contributed by atoms with Crippen LogP contribution in [0.2, 0.25) is 0 Å². The van der Waals surface area contributed by atoms with Gasteiger partial charge in [0, 0.05) is 13.5 Å². The first kappa shape index (κ1) is 20.1. The molecule has 27 heavy (non-hydrogen) atoms. The second-order valence-corrected chi connectivity index (χ2v) is 10.4.